The monoisotopic (exact) mass is 192 g/mol. The largest absolute Gasteiger partial charge is 0.326 e. The zero-order valence-corrected chi connectivity index (χ0v) is 8.84. The van der Waals surface area contributed by atoms with E-state index in [1.54, 1.807) is 6.20 Å². The van der Waals surface area contributed by atoms with Crippen LogP contribution in [0.3, 0.4) is 0 Å². The van der Waals surface area contributed by atoms with Gasteiger partial charge in [-0.3, -0.25) is 4.99 Å². The van der Waals surface area contributed by atoms with E-state index < -0.39 is 0 Å². The van der Waals surface area contributed by atoms with Crippen molar-refractivity contribution in [2.24, 2.45) is 10.7 Å². The van der Waals surface area contributed by atoms with Crippen LogP contribution in [-0.4, -0.2) is 13.3 Å². The van der Waals surface area contributed by atoms with Crippen LogP contribution in [0.2, 0.25) is 0 Å². The molecule has 0 aromatic carbocycles. The lowest BCUT2D eigenvalue weighted by molar-refractivity contribution is 0.745. The van der Waals surface area contributed by atoms with E-state index in [4.69, 9.17) is 5.73 Å². The normalized spacial score (nSPS) is 11.1. The molecule has 0 radical (unpaired) electrons. The van der Waals surface area contributed by atoms with Crippen LogP contribution in [0.1, 0.15) is 25.7 Å². The van der Waals surface area contributed by atoms with Crippen molar-refractivity contribution in [1.82, 2.24) is 0 Å². The predicted molar refractivity (Wildman–Crippen MR) is 64.5 cm³/mol. The Morgan fingerprint density at radius 2 is 2.07 bits per heavy atom. The lowest BCUT2D eigenvalue weighted by Gasteiger charge is -2.06. The van der Waals surface area contributed by atoms with Crippen LogP contribution in [0.15, 0.2) is 41.6 Å². The van der Waals surface area contributed by atoms with Crippen LogP contribution < -0.4 is 5.73 Å². The molecule has 14 heavy (non-hydrogen) atoms. The van der Waals surface area contributed by atoms with Crippen molar-refractivity contribution in [1.29, 1.82) is 0 Å². The van der Waals surface area contributed by atoms with E-state index in [0.29, 0.717) is 6.54 Å². The minimum Gasteiger partial charge on any atom is -0.326 e. The predicted octanol–water partition coefficient (Wildman–Crippen LogP) is 2.83. The third-order valence-corrected chi connectivity index (χ3v) is 2.06. The summed E-state index contributed by atoms with van der Waals surface area (Å²) in [5.41, 5.74) is 7.63. The fourth-order valence-electron chi connectivity index (χ4n) is 1.19. The number of hydrogen-bond donors (Lipinski definition) is 1. The second-order valence-electron chi connectivity index (χ2n) is 3.18. The summed E-state index contributed by atoms with van der Waals surface area (Å²) < 4.78 is 0. The molecule has 0 aliphatic carbocycles. The Labute approximate surface area is 86.9 Å². The molecule has 2 N–H and O–H groups in total. The van der Waals surface area contributed by atoms with Crippen molar-refractivity contribution in [3.05, 3.63) is 36.6 Å². The highest BCUT2D eigenvalue weighted by molar-refractivity contribution is 5.33. The first-order valence-corrected chi connectivity index (χ1v) is 4.90. The number of hydrogen-bond acceptors (Lipinski definition) is 2. The van der Waals surface area contributed by atoms with Gasteiger partial charge in [-0.15, -0.1) is 6.58 Å². The van der Waals surface area contributed by atoms with E-state index in [1.807, 2.05) is 6.08 Å². The van der Waals surface area contributed by atoms with Gasteiger partial charge in [0.15, 0.2) is 0 Å². The van der Waals surface area contributed by atoms with Crippen molar-refractivity contribution in [3.8, 4) is 0 Å². The molecule has 0 unspecified atom stereocenters. The molecule has 0 amide bonds. The summed E-state index contributed by atoms with van der Waals surface area (Å²) in [6.07, 6.45) is 7.95. The lowest BCUT2D eigenvalue weighted by atomic mass is 10.0. The van der Waals surface area contributed by atoms with E-state index >= 15 is 0 Å². The van der Waals surface area contributed by atoms with Crippen LogP contribution in [0.25, 0.3) is 0 Å². The zero-order chi connectivity index (χ0) is 10.8. The molecule has 0 aromatic heterocycles. The Kier molecular flexibility index (Phi) is 7.75. The van der Waals surface area contributed by atoms with Gasteiger partial charge in [-0.1, -0.05) is 12.7 Å². The molecule has 0 aliphatic heterocycles. The minimum atomic E-state index is 0.485. The molecule has 0 bridgehead atoms. The number of allylic oxidation sites excluding steroid dienone is 1. The van der Waals surface area contributed by atoms with Crippen LogP contribution >= 0.6 is 0 Å². The third-order valence-electron chi connectivity index (χ3n) is 2.06. The van der Waals surface area contributed by atoms with Gasteiger partial charge in [0, 0.05) is 12.7 Å². The first kappa shape index (κ1) is 12.8. The molecule has 0 fully saturated rings. The Bertz CT molecular complexity index is 226. The summed E-state index contributed by atoms with van der Waals surface area (Å²) in [5, 5.41) is 0. The highest BCUT2D eigenvalue weighted by Crippen LogP contribution is 2.15. The SMILES string of the molecule is C=CCCCCC(=C)/C(=C/N=C)CN. The molecular formula is C12H20N2. The Balaban J connectivity index is 3.87. The number of nitrogens with two attached hydrogens (primary N) is 1. The van der Waals surface area contributed by atoms with Crippen molar-refractivity contribution >= 4 is 6.72 Å². The number of nitrogens with zero attached hydrogens (tertiary/aromatic N) is 1. The third kappa shape index (κ3) is 5.49. The Morgan fingerprint density at radius 1 is 1.36 bits per heavy atom. The van der Waals surface area contributed by atoms with Crippen LogP contribution in [0.4, 0.5) is 0 Å². The number of unbranched alkanes of at least 4 members (excludes halogenated alkanes) is 2. The highest BCUT2D eigenvalue weighted by atomic mass is 14.7. The zero-order valence-electron chi connectivity index (χ0n) is 8.84. The summed E-state index contributed by atoms with van der Waals surface area (Å²) in [4.78, 5) is 3.70. The van der Waals surface area contributed by atoms with E-state index in [9.17, 15) is 0 Å². The molecule has 78 valence electrons. The molecule has 0 heterocycles. The topological polar surface area (TPSA) is 38.4 Å². The van der Waals surface area contributed by atoms with Gasteiger partial charge in [0.1, 0.15) is 0 Å². The molecule has 0 saturated heterocycles. The summed E-state index contributed by atoms with van der Waals surface area (Å²) >= 11 is 0. The number of aliphatic imine (C=N–C) groups is 1. The highest BCUT2D eigenvalue weighted by Gasteiger charge is 1.99. The van der Waals surface area contributed by atoms with E-state index in [2.05, 4.69) is 24.9 Å². The molecule has 0 spiro atoms. The molecule has 0 aliphatic rings. The van der Waals surface area contributed by atoms with Gasteiger partial charge >= 0.3 is 0 Å². The molecular weight excluding hydrogens is 172 g/mol. The molecule has 0 rings (SSSR count). The standard InChI is InChI=1S/C12H20N2/c1-4-5-6-7-8-11(2)12(9-13)10-14-3/h4,10H,1-3,5-9,13H2/b12-10+. The Hall–Kier alpha value is -1.15. The van der Waals surface area contributed by atoms with Crippen LogP contribution in [0, 0.1) is 0 Å². The summed E-state index contributed by atoms with van der Waals surface area (Å²) in [7, 11) is 0. The molecule has 2 heteroatoms. The van der Waals surface area contributed by atoms with Crippen molar-refractivity contribution in [2.45, 2.75) is 25.7 Å². The quantitative estimate of drug-likeness (QED) is 0.273. The van der Waals surface area contributed by atoms with Crippen LogP contribution in [0.5, 0.6) is 0 Å². The summed E-state index contributed by atoms with van der Waals surface area (Å²) in [5.74, 6) is 0. The molecule has 0 atom stereocenters. The summed E-state index contributed by atoms with van der Waals surface area (Å²) in [6.45, 7) is 11.6. The maximum atomic E-state index is 5.56. The van der Waals surface area contributed by atoms with Gasteiger partial charge in [-0.25, -0.2) is 0 Å². The molecule has 2 nitrogen and oxygen atoms in total. The maximum Gasteiger partial charge on any atom is 0.0308 e. The summed E-state index contributed by atoms with van der Waals surface area (Å²) in [6, 6.07) is 0. The van der Waals surface area contributed by atoms with E-state index in [1.165, 1.54) is 0 Å². The van der Waals surface area contributed by atoms with Crippen LogP contribution in [-0.2, 0) is 0 Å². The first-order chi connectivity index (χ1) is 6.76. The van der Waals surface area contributed by atoms with Gasteiger partial charge in [-0.2, -0.15) is 0 Å². The molecule has 0 saturated carbocycles. The Morgan fingerprint density at radius 3 is 2.57 bits per heavy atom. The maximum absolute atomic E-state index is 5.56. The molecule has 0 aromatic rings. The second-order valence-corrected chi connectivity index (χ2v) is 3.18. The fourth-order valence-corrected chi connectivity index (χ4v) is 1.19. The number of rotatable bonds is 8. The van der Waals surface area contributed by atoms with E-state index in [0.717, 1.165) is 36.8 Å². The van der Waals surface area contributed by atoms with Gasteiger partial charge in [0.25, 0.3) is 0 Å². The lowest BCUT2D eigenvalue weighted by Crippen LogP contribution is -2.04. The van der Waals surface area contributed by atoms with E-state index in [-0.39, 0.29) is 0 Å². The van der Waals surface area contributed by atoms with Crippen molar-refractivity contribution in [2.75, 3.05) is 6.54 Å². The smallest absolute Gasteiger partial charge is 0.0308 e. The second kappa shape index (κ2) is 8.45. The van der Waals surface area contributed by atoms with Crippen molar-refractivity contribution < 1.29 is 0 Å². The van der Waals surface area contributed by atoms with Gasteiger partial charge in [0.2, 0.25) is 0 Å². The van der Waals surface area contributed by atoms with Gasteiger partial charge in [0.05, 0.1) is 0 Å². The first-order valence-electron chi connectivity index (χ1n) is 4.90. The van der Waals surface area contributed by atoms with Crippen molar-refractivity contribution in [3.63, 3.8) is 0 Å². The average Bonchev–Trinajstić information content (AvgIpc) is 2.20. The fraction of sp³-hybridized carbons (Fsp3) is 0.417. The van der Waals surface area contributed by atoms with Gasteiger partial charge in [-0.05, 0) is 43.5 Å². The van der Waals surface area contributed by atoms with Gasteiger partial charge < -0.3 is 5.73 Å². The average molecular weight is 192 g/mol. The minimum absolute atomic E-state index is 0.485.